The smallest absolute Gasteiger partial charge is 0.323 e. The molecule has 0 bridgehead atoms. The van der Waals surface area contributed by atoms with Crippen LogP contribution in [0.2, 0.25) is 0 Å². The Morgan fingerprint density at radius 1 is 1.45 bits per heavy atom. The first kappa shape index (κ1) is 15.7. The number of nitrogens with zero attached hydrogens (tertiary/aromatic N) is 2. The van der Waals surface area contributed by atoms with Crippen molar-refractivity contribution in [3.8, 4) is 0 Å². The summed E-state index contributed by atoms with van der Waals surface area (Å²) in [6.07, 6.45) is 4.64. The maximum Gasteiger partial charge on any atom is 0.323 e. The Hall–Kier alpha value is -0.650. The van der Waals surface area contributed by atoms with Crippen LogP contribution in [0.3, 0.4) is 0 Å². The molecular weight excluding hydrogens is 254 g/mol. The minimum absolute atomic E-state index is 0.139. The Balaban J connectivity index is 1.85. The fraction of sp³-hybridized carbons (Fsp3) is 0.933. The molecule has 5 heteroatoms. The van der Waals surface area contributed by atoms with Crippen LogP contribution in [0, 0.1) is 5.92 Å². The van der Waals surface area contributed by atoms with Gasteiger partial charge in [-0.2, -0.15) is 0 Å². The second-order valence-corrected chi connectivity index (χ2v) is 6.57. The summed E-state index contributed by atoms with van der Waals surface area (Å²) < 4.78 is 0. The predicted octanol–water partition coefficient (Wildman–Crippen LogP) is 0.985. The van der Waals surface area contributed by atoms with Gasteiger partial charge in [0.2, 0.25) is 0 Å². The summed E-state index contributed by atoms with van der Waals surface area (Å²) in [6.45, 7) is 6.52. The van der Waals surface area contributed by atoms with Crippen molar-refractivity contribution in [3.05, 3.63) is 0 Å². The lowest BCUT2D eigenvalue weighted by atomic mass is 9.85. The zero-order valence-corrected chi connectivity index (χ0v) is 12.8. The van der Waals surface area contributed by atoms with Crippen LogP contribution in [0.4, 0.5) is 0 Å². The topological polar surface area (TPSA) is 69.8 Å². The Kier molecular flexibility index (Phi) is 5.04. The Labute approximate surface area is 122 Å². The molecule has 0 amide bonds. The number of nitrogens with two attached hydrogens (primary N) is 1. The van der Waals surface area contributed by atoms with Gasteiger partial charge in [-0.05, 0) is 45.2 Å². The van der Waals surface area contributed by atoms with E-state index in [1.807, 2.05) is 0 Å². The second kappa shape index (κ2) is 6.41. The molecule has 1 saturated heterocycles. The SMILES string of the molecule is CCC1CN(CCC2CCCC2(N)C(=O)O)CCN1C. The zero-order chi connectivity index (χ0) is 14.8. The molecule has 116 valence electrons. The Morgan fingerprint density at radius 2 is 2.20 bits per heavy atom. The van der Waals surface area contributed by atoms with Gasteiger partial charge >= 0.3 is 5.97 Å². The van der Waals surface area contributed by atoms with Crippen molar-refractivity contribution in [2.75, 3.05) is 33.2 Å². The highest BCUT2D eigenvalue weighted by molar-refractivity contribution is 5.79. The number of rotatable bonds is 5. The predicted molar refractivity (Wildman–Crippen MR) is 79.7 cm³/mol. The van der Waals surface area contributed by atoms with E-state index < -0.39 is 11.5 Å². The van der Waals surface area contributed by atoms with E-state index in [-0.39, 0.29) is 5.92 Å². The fourth-order valence-corrected chi connectivity index (χ4v) is 3.78. The molecule has 0 aromatic rings. The van der Waals surface area contributed by atoms with Gasteiger partial charge in [-0.25, -0.2) is 0 Å². The summed E-state index contributed by atoms with van der Waals surface area (Å²) in [6, 6.07) is 0.634. The van der Waals surface area contributed by atoms with Gasteiger partial charge in [0.1, 0.15) is 5.54 Å². The van der Waals surface area contributed by atoms with Crippen LogP contribution >= 0.6 is 0 Å². The van der Waals surface area contributed by atoms with Crippen LogP contribution in [-0.2, 0) is 4.79 Å². The summed E-state index contributed by atoms with van der Waals surface area (Å²) in [7, 11) is 2.19. The average Bonchev–Trinajstić information content (AvgIpc) is 2.80. The molecular formula is C15H29N3O2. The van der Waals surface area contributed by atoms with E-state index in [1.54, 1.807) is 0 Å². The average molecular weight is 283 g/mol. The summed E-state index contributed by atoms with van der Waals surface area (Å²) in [5.74, 6) is -0.676. The van der Waals surface area contributed by atoms with Gasteiger partial charge in [-0.1, -0.05) is 13.3 Å². The monoisotopic (exact) mass is 283 g/mol. The third kappa shape index (κ3) is 3.15. The lowest BCUT2D eigenvalue weighted by Gasteiger charge is -2.40. The Bertz CT molecular complexity index is 350. The van der Waals surface area contributed by atoms with Crippen LogP contribution in [0.25, 0.3) is 0 Å². The molecule has 0 spiro atoms. The van der Waals surface area contributed by atoms with Gasteiger partial charge in [0.05, 0.1) is 0 Å². The molecule has 3 atom stereocenters. The second-order valence-electron chi connectivity index (χ2n) is 6.57. The van der Waals surface area contributed by atoms with Crippen molar-refractivity contribution in [2.45, 2.75) is 50.6 Å². The third-order valence-electron chi connectivity index (χ3n) is 5.40. The molecule has 0 aromatic carbocycles. The first-order chi connectivity index (χ1) is 9.47. The normalized spacial score (nSPS) is 36.4. The molecule has 1 aliphatic carbocycles. The molecule has 20 heavy (non-hydrogen) atoms. The molecule has 1 aliphatic heterocycles. The molecule has 2 fully saturated rings. The van der Waals surface area contributed by atoms with Crippen LogP contribution in [0.1, 0.15) is 39.0 Å². The van der Waals surface area contributed by atoms with E-state index in [0.29, 0.717) is 12.5 Å². The molecule has 5 nitrogen and oxygen atoms in total. The molecule has 3 unspecified atom stereocenters. The van der Waals surface area contributed by atoms with Crippen molar-refractivity contribution < 1.29 is 9.90 Å². The summed E-state index contributed by atoms with van der Waals surface area (Å²) >= 11 is 0. The summed E-state index contributed by atoms with van der Waals surface area (Å²) in [5, 5.41) is 9.35. The van der Waals surface area contributed by atoms with Crippen LogP contribution < -0.4 is 5.73 Å². The number of hydrogen-bond donors (Lipinski definition) is 2. The van der Waals surface area contributed by atoms with Crippen LogP contribution in [-0.4, -0.2) is 65.7 Å². The molecule has 0 aromatic heterocycles. The molecule has 2 rings (SSSR count). The standard InChI is InChI=1S/C15H29N3O2/c1-3-13-11-18(10-9-17(13)2)8-6-12-5-4-7-15(12,16)14(19)20/h12-13H,3-11,16H2,1-2H3,(H,19,20). The third-order valence-corrected chi connectivity index (χ3v) is 5.40. The number of aliphatic carboxylic acids is 1. The van der Waals surface area contributed by atoms with E-state index >= 15 is 0 Å². The number of carboxylic acid groups (broad SMARTS) is 1. The van der Waals surface area contributed by atoms with E-state index in [4.69, 9.17) is 5.73 Å². The van der Waals surface area contributed by atoms with E-state index in [1.165, 1.54) is 6.42 Å². The van der Waals surface area contributed by atoms with Gasteiger partial charge in [-0.3, -0.25) is 4.79 Å². The Morgan fingerprint density at radius 3 is 2.85 bits per heavy atom. The van der Waals surface area contributed by atoms with Gasteiger partial charge in [0, 0.05) is 25.7 Å². The van der Waals surface area contributed by atoms with Gasteiger partial charge in [0.25, 0.3) is 0 Å². The largest absolute Gasteiger partial charge is 0.480 e. The lowest BCUT2D eigenvalue weighted by Crippen LogP contribution is -2.53. The van der Waals surface area contributed by atoms with Gasteiger partial charge < -0.3 is 20.6 Å². The van der Waals surface area contributed by atoms with Gasteiger partial charge in [0.15, 0.2) is 0 Å². The minimum atomic E-state index is -0.975. The van der Waals surface area contributed by atoms with E-state index in [0.717, 1.165) is 45.4 Å². The molecule has 1 heterocycles. The minimum Gasteiger partial charge on any atom is -0.480 e. The highest BCUT2D eigenvalue weighted by Gasteiger charge is 2.45. The highest BCUT2D eigenvalue weighted by Crippen LogP contribution is 2.36. The fourth-order valence-electron chi connectivity index (χ4n) is 3.78. The summed E-state index contributed by atoms with van der Waals surface area (Å²) in [5.41, 5.74) is 5.14. The molecule has 2 aliphatic rings. The number of carbonyl (C=O) groups is 1. The van der Waals surface area contributed by atoms with E-state index in [2.05, 4.69) is 23.8 Å². The number of likely N-dealkylation sites (N-methyl/N-ethyl adjacent to an activating group) is 1. The summed E-state index contributed by atoms with van der Waals surface area (Å²) in [4.78, 5) is 16.3. The van der Waals surface area contributed by atoms with Crippen LogP contribution in [0.15, 0.2) is 0 Å². The quantitative estimate of drug-likeness (QED) is 0.787. The maximum absolute atomic E-state index is 11.4. The zero-order valence-electron chi connectivity index (χ0n) is 12.8. The van der Waals surface area contributed by atoms with Crippen molar-refractivity contribution in [2.24, 2.45) is 11.7 Å². The van der Waals surface area contributed by atoms with Crippen molar-refractivity contribution >= 4 is 5.97 Å². The number of piperazine rings is 1. The first-order valence-corrected chi connectivity index (χ1v) is 7.92. The van der Waals surface area contributed by atoms with E-state index in [9.17, 15) is 9.90 Å². The number of hydrogen-bond acceptors (Lipinski definition) is 4. The molecule has 0 radical (unpaired) electrons. The maximum atomic E-state index is 11.4. The van der Waals surface area contributed by atoms with Crippen molar-refractivity contribution in [3.63, 3.8) is 0 Å². The van der Waals surface area contributed by atoms with Gasteiger partial charge in [-0.15, -0.1) is 0 Å². The highest BCUT2D eigenvalue weighted by atomic mass is 16.4. The molecule has 3 N–H and O–H groups in total. The lowest BCUT2D eigenvalue weighted by molar-refractivity contribution is -0.144. The van der Waals surface area contributed by atoms with Crippen molar-refractivity contribution in [1.82, 2.24) is 9.80 Å². The van der Waals surface area contributed by atoms with Crippen molar-refractivity contribution in [1.29, 1.82) is 0 Å². The number of carboxylic acids is 1. The van der Waals surface area contributed by atoms with Crippen LogP contribution in [0.5, 0.6) is 0 Å². The molecule has 1 saturated carbocycles. The first-order valence-electron chi connectivity index (χ1n) is 7.92.